The Morgan fingerprint density at radius 3 is 2.67 bits per heavy atom. The number of methoxy groups -OCH3 is 1. The van der Waals surface area contributed by atoms with Crippen LogP contribution in [0.1, 0.15) is 28.4 Å². The van der Waals surface area contributed by atoms with Crippen LogP contribution >= 0.6 is 11.6 Å². The fourth-order valence-corrected chi connectivity index (χ4v) is 2.69. The summed E-state index contributed by atoms with van der Waals surface area (Å²) in [5, 5.41) is 4.98. The minimum atomic E-state index is -0.0556. The van der Waals surface area contributed by atoms with Gasteiger partial charge in [0.1, 0.15) is 10.9 Å². The van der Waals surface area contributed by atoms with Gasteiger partial charge in [0.15, 0.2) is 0 Å². The van der Waals surface area contributed by atoms with Crippen molar-refractivity contribution in [1.82, 2.24) is 15.2 Å². The van der Waals surface area contributed by atoms with Gasteiger partial charge < -0.3 is 4.74 Å². The lowest BCUT2D eigenvalue weighted by Gasteiger charge is -2.18. The second-order valence-electron chi connectivity index (χ2n) is 5.13. The fraction of sp³-hybridized carbons (Fsp3) is 0.400. The normalized spacial score (nSPS) is 12.5. The van der Waals surface area contributed by atoms with E-state index in [1.54, 1.807) is 11.8 Å². The molecule has 0 bridgehead atoms. The molecular weight excluding hydrogens is 288 g/mol. The van der Waals surface area contributed by atoms with E-state index >= 15 is 0 Å². The lowest BCUT2D eigenvalue weighted by Crippen LogP contribution is -2.29. The first kappa shape index (κ1) is 15.8. The summed E-state index contributed by atoms with van der Waals surface area (Å²) in [4.78, 5) is 0. The number of rotatable bonds is 5. The van der Waals surface area contributed by atoms with E-state index in [9.17, 15) is 0 Å². The number of nitrogens with zero attached hydrogens (tertiary/aromatic N) is 2. The summed E-state index contributed by atoms with van der Waals surface area (Å²) in [6.07, 6.45) is 0.668. The second kappa shape index (κ2) is 6.47. The van der Waals surface area contributed by atoms with Gasteiger partial charge in [0, 0.05) is 12.6 Å². The van der Waals surface area contributed by atoms with Crippen molar-refractivity contribution in [1.29, 1.82) is 0 Å². The average Bonchev–Trinajstić information content (AvgIpc) is 2.71. The summed E-state index contributed by atoms with van der Waals surface area (Å²) >= 11 is 6.29. The highest BCUT2D eigenvalue weighted by molar-refractivity contribution is 6.30. The Labute approximate surface area is 130 Å². The van der Waals surface area contributed by atoms with Crippen LogP contribution in [0.3, 0.4) is 0 Å². The highest BCUT2D eigenvalue weighted by Gasteiger charge is 2.18. The molecule has 3 N–H and O–H groups in total. The lowest BCUT2D eigenvalue weighted by molar-refractivity contribution is 0.410. The molecule has 1 aromatic heterocycles. The number of nitrogens with one attached hydrogen (secondary N) is 1. The molecular formula is C15H21ClN4O. The molecule has 1 heterocycles. The van der Waals surface area contributed by atoms with E-state index < -0.39 is 0 Å². The quantitative estimate of drug-likeness (QED) is 0.658. The largest absolute Gasteiger partial charge is 0.496 e. The summed E-state index contributed by atoms with van der Waals surface area (Å²) in [5.74, 6) is 6.58. The molecule has 114 valence electrons. The van der Waals surface area contributed by atoms with Crippen LogP contribution in [-0.2, 0) is 13.5 Å². The van der Waals surface area contributed by atoms with E-state index in [-0.39, 0.29) is 6.04 Å². The Morgan fingerprint density at radius 2 is 2.14 bits per heavy atom. The van der Waals surface area contributed by atoms with Crippen LogP contribution in [0.5, 0.6) is 5.75 Å². The van der Waals surface area contributed by atoms with Crippen LogP contribution < -0.4 is 16.0 Å². The lowest BCUT2D eigenvalue weighted by atomic mass is 9.98. The molecule has 0 radical (unpaired) electrons. The topological polar surface area (TPSA) is 65.1 Å². The molecule has 0 aliphatic rings. The van der Waals surface area contributed by atoms with Gasteiger partial charge in [-0.05, 0) is 37.5 Å². The van der Waals surface area contributed by atoms with Gasteiger partial charge in [-0.3, -0.25) is 16.0 Å². The molecule has 6 heteroatoms. The second-order valence-corrected chi connectivity index (χ2v) is 5.49. The van der Waals surface area contributed by atoms with Gasteiger partial charge >= 0.3 is 0 Å². The Hall–Kier alpha value is -1.56. The summed E-state index contributed by atoms with van der Waals surface area (Å²) in [5.41, 5.74) is 6.92. The summed E-state index contributed by atoms with van der Waals surface area (Å²) in [6, 6.07) is 6.01. The van der Waals surface area contributed by atoms with Crippen molar-refractivity contribution in [2.24, 2.45) is 12.9 Å². The minimum absolute atomic E-state index is 0.0556. The first-order valence-electron chi connectivity index (χ1n) is 6.76. The molecule has 0 saturated heterocycles. The van der Waals surface area contributed by atoms with Crippen LogP contribution in [0.25, 0.3) is 0 Å². The molecule has 1 aromatic carbocycles. The Balaban J connectivity index is 2.32. The molecule has 2 rings (SSSR count). The highest BCUT2D eigenvalue weighted by Crippen LogP contribution is 2.28. The van der Waals surface area contributed by atoms with Gasteiger partial charge in [0.2, 0.25) is 0 Å². The van der Waals surface area contributed by atoms with Crippen molar-refractivity contribution in [2.75, 3.05) is 7.11 Å². The monoisotopic (exact) mass is 308 g/mol. The standard InChI is InChI=1S/C15H21ClN4O/c1-9-5-6-11(7-14(9)21-4)13(18-17)8-12-10(2)19-20(3)15(12)16/h5-7,13,18H,8,17H2,1-4H3. The maximum absolute atomic E-state index is 6.29. The van der Waals surface area contributed by atoms with E-state index in [4.69, 9.17) is 22.2 Å². The smallest absolute Gasteiger partial charge is 0.130 e. The maximum atomic E-state index is 6.29. The van der Waals surface area contributed by atoms with Crippen molar-refractivity contribution in [2.45, 2.75) is 26.3 Å². The number of hydrazine groups is 1. The zero-order valence-corrected chi connectivity index (χ0v) is 13.5. The van der Waals surface area contributed by atoms with Crippen LogP contribution in [0.15, 0.2) is 18.2 Å². The van der Waals surface area contributed by atoms with Crippen molar-refractivity contribution in [3.8, 4) is 5.75 Å². The Morgan fingerprint density at radius 1 is 1.43 bits per heavy atom. The summed E-state index contributed by atoms with van der Waals surface area (Å²) < 4.78 is 7.05. The van der Waals surface area contributed by atoms with E-state index in [0.29, 0.717) is 11.6 Å². The highest BCUT2D eigenvalue weighted by atomic mass is 35.5. The van der Waals surface area contributed by atoms with Crippen LogP contribution in [0.2, 0.25) is 5.15 Å². The molecule has 0 spiro atoms. The Kier molecular flexibility index (Phi) is 4.88. The van der Waals surface area contributed by atoms with Gasteiger partial charge in [0.05, 0.1) is 18.8 Å². The molecule has 2 aromatic rings. The number of aromatic nitrogens is 2. The minimum Gasteiger partial charge on any atom is -0.496 e. The number of nitrogens with two attached hydrogens (primary N) is 1. The van der Waals surface area contributed by atoms with E-state index in [1.165, 1.54) is 0 Å². The maximum Gasteiger partial charge on any atom is 0.130 e. The third-order valence-electron chi connectivity index (χ3n) is 3.71. The molecule has 0 fully saturated rings. The van der Waals surface area contributed by atoms with E-state index in [2.05, 4.69) is 10.5 Å². The first-order valence-corrected chi connectivity index (χ1v) is 7.14. The number of hydrogen-bond acceptors (Lipinski definition) is 4. The molecule has 0 aliphatic heterocycles. The molecule has 0 aliphatic carbocycles. The predicted molar refractivity (Wildman–Crippen MR) is 84.5 cm³/mol. The first-order chi connectivity index (χ1) is 9.97. The van der Waals surface area contributed by atoms with Gasteiger partial charge in [-0.1, -0.05) is 23.7 Å². The number of aryl methyl sites for hydroxylation is 3. The number of halogens is 1. The predicted octanol–water partition coefficient (Wildman–Crippen LogP) is 2.45. The van der Waals surface area contributed by atoms with Crippen molar-refractivity contribution >= 4 is 11.6 Å². The third-order valence-corrected chi connectivity index (χ3v) is 4.19. The van der Waals surface area contributed by atoms with Crippen molar-refractivity contribution in [3.63, 3.8) is 0 Å². The third kappa shape index (κ3) is 3.20. The molecule has 1 unspecified atom stereocenters. The van der Waals surface area contributed by atoms with Gasteiger partial charge in [-0.2, -0.15) is 5.10 Å². The average molecular weight is 309 g/mol. The molecule has 0 saturated carbocycles. The summed E-state index contributed by atoms with van der Waals surface area (Å²) in [7, 11) is 3.50. The van der Waals surface area contributed by atoms with Gasteiger partial charge in [0.25, 0.3) is 0 Å². The van der Waals surface area contributed by atoms with Crippen LogP contribution in [0, 0.1) is 13.8 Å². The zero-order valence-electron chi connectivity index (χ0n) is 12.8. The van der Waals surface area contributed by atoms with Gasteiger partial charge in [-0.15, -0.1) is 0 Å². The molecule has 0 amide bonds. The van der Waals surface area contributed by atoms with Gasteiger partial charge in [-0.25, -0.2) is 0 Å². The number of ether oxygens (including phenoxy) is 1. The van der Waals surface area contributed by atoms with E-state index in [0.717, 1.165) is 28.1 Å². The number of benzene rings is 1. The van der Waals surface area contributed by atoms with Crippen LogP contribution in [-0.4, -0.2) is 16.9 Å². The fourth-order valence-electron chi connectivity index (χ4n) is 2.44. The molecule has 21 heavy (non-hydrogen) atoms. The summed E-state index contributed by atoms with van der Waals surface area (Å²) in [6.45, 7) is 3.96. The van der Waals surface area contributed by atoms with E-state index in [1.807, 2.05) is 39.1 Å². The molecule has 1 atom stereocenters. The number of hydrogen-bond donors (Lipinski definition) is 2. The SMILES string of the molecule is COc1cc(C(Cc2c(C)nn(C)c2Cl)NN)ccc1C. The zero-order chi connectivity index (χ0) is 15.6. The van der Waals surface area contributed by atoms with Crippen molar-refractivity contribution in [3.05, 3.63) is 45.7 Å². The van der Waals surface area contributed by atoms with Crippen molar-refractivity contribution < 1.29 is 4.74 Å². The molecule has 5 nitrogen and oxygen atoms in total. The Bertz CT molecular complexity index is 639. The van der Waals surface area contributed by atoms with Crippen LogP contribution in [0.4, 0.5) is 0 Å².